The number of rotatable bonds is 3. The summed E-state index contributed by atoms with van der Waals surface area (Å²) >= 11 is 0. The topological polar surface area (TPSA) is 37.3 Å². The molecule has 0 aromatic heterocycles. The van der Waals surface area contributed by atoms with Crippen molar-refractivity contribution < 1.29 is 18.7 Å². The third-order valence-electron chi connectivity index (χ3n) is 0.978. The molecule has 0 fully saturated rings. The normalized spacial score (nSPS) is 12.1. The smallest absolute Gasteiger partial charge is 0.374 e. The van der Waals surface area contributed by atoms with Crippen molar-refractivity contribution in [1.29, 1.82) is 0 Å². The van der Waals surface area contributed by atoms with Crippen molar-refractivity contribution in [3.63, 3.8) is 0 Å². The first-order valence-electron chi connectivity index (χ1n) is 2.97. The van der Waals surface area contributed by atoms with Gasteiger partial charge in [0.25, 0.3) is 0 Å². The molecule has 0 aliphatic heterocycles. The maximum absolute atomic E-state index is 12.2. The van der Waals surface area contributed by atoms with Crippen LogP contribution < -0.4 is 0 Å². The van der Waals surface area contributed by atoms with E-state index in [9.17, 15) is 13.6 Å². The van der Waals surface area contributed by atoms with E-state index in [1.807, 2.05) is 0 Å². The summed E-state index contributed by atoms with van der Waals surface area (Å²) in [5.74, 6) is -5.90. The van der Waals surface area contributed by atoms with Crippen LogP contribution in [0.25, 0.3) is 0 Å². The van der Waals surface area contributed by atoms with Gasteiger partial charge < -0.3 is 5.11 Å². The molecule has 0 aromatic rings. The molecule has 2 nitrogen and oxygen atoms in total. The zero-order valence-electron chi connectivity index (χ0n) is 5.90. The molecule has 0 bridgehead atoms. The number of carbonyl (C=O) groups is 1. The number of hydrogen-bond acceptors (Lipinski definition) is 1. The monoisotopic (exact) mass is 152 g/mol. The second kappa shape index (κ2) is 2.94. The highest BCUT2D eigenvalue weighted by Gasteiger charge is 2.38. The average molecular weight is 152 g/mol. The van der Waals surface area contributed by atoms with E-state index < -0.39 is 18.3 Å². The molecular weight excluding hydrogens is 142 g/mol. The Labute approximate surface area is 57.9 Å². The van der Waals surface area contributed by atoms with Crippen molar-refractivity contribution in [3.8, 4) is 0 Å². The maximum atomic E-state index is 12.2. The second-order valence-electron chi connectivity index (χ2n) is 2.61. The molecule has 0 amide bonds. The van der Waals surface area contributed by atoms with Crippen LogP contribution in [0.3, 0.4) is 0 Å². The molecule has 0 aromatic carbocycles. The fraction of sp³-hybridized carbons (Fsp3) is 0.833. The molecule has 0 spiro atoms. The lowest BCUT2D eigenvalue weighted by Crippen LogP contribution is -2.29. The van der Waals surface area contributed by atoms with Gasteiger partial charge in [0, 0.05) is 6.42 Å². The minimum Gasteiger partial charge on any atom is -0.477 e. The molecule has 60 valence electrons. The quantitative estimate of drug-likeness (QED) is 0.668. The van der Waals surface area contributed by atoms with Crippen LogP contribution in [-0.2, 0) is 4.79 Å². The van der Waals surface area contributed by atoms with Crippen molar-refractivity contribution in [2.45, 2.75) is 26.2 Å². The van der Waals surface area contributed by atoms with E-state index in [1.165, 1.54) is 0 Å². The molecular formula is C6H10F2O2. The van der Waals surface area contributed by atoms with Gasteiger partial charge in [-0.1, -0.05) is 13.8 Å². The van der Waals surface area contributed by atoms with Crippen molar-refractivity contribution in [2.24, 2.45) is 5.92 Å². The first-order valence-corrected chi connectivity index (χ1v) is 2.97. The zero-order valence-corrected chi connectivity index (χ0v) is 5.90. The van der Waals surface area contributed by atoms with Crippen LogP contribution in [0.1, 0.15) is 20.3 Å². The highest BCUT2D eigenvalue weighted by molar-refractivity contribution is 5.75. The van der Waals surface area contributed by atoms with E-state index in [0.29, 0.717) is 0 Å². The molecule has 0 atom stereocenters. The Morgan fingerprint density at radius 2 is 2.00 bits per heavy atom. The van der Waals surface area contributed by atoms with E-state index in [-0.39, 0.29) is 5.92 Å². The molecule has 0 rings (SSSR count). The molecule has 0 saturated heterocycles. The zero-order chi connectivity index (χ0) is 8.36. The van der Waals surface area contributed by atoms with Gasteiger partial charge >= 0.3 is 11.9 Å². The van der Waals surface area contributed by atoms with Gasteiger partial charge in [-0.3, -0.25) is 0 Å². The summed E-state index contributed by atoms with van der Waals surface area (Å²) in [6.07, 6.45) is -0.595. The molecule has 0 saturated carbocycles. The molecule has 0 aliphatic carbocycles. The Balaban J connectivity index is 4.00. The van der Waals surface area contributed by atoms with Gasteiger partial charge in [-0.05, 0) is 5.92 Å². The summed E-state index contributed by atoms with van der Waals surface area (Å²) in [6.45, 7) is 3.10. The summed E-state index contributed by atoms with van der Waals surface area (Å²) in [5, 5.41) is 7.94. The predicted molar refractivity (Wildman–Crippen MR) is 32.0 cm³/mol. The van der Waals surface area contributed by atoms with Gasteiger partial charge in [-0.2, -0.15) is 8.78 Å². The van der Waals surface area contributed by atoms with E-state index >= 15 is 0 Å². The highest BCUT2D eigenvalue weighted by atomic mass is 19.3. The molecule has 0 heterocycles. The Bertz CT molecular complexity index is 132. The summed E-state index contributed by atoms with van der Waals surface area (Å²) in [7, 11) is 0. The van der Waals surface area contributed by atoms with Crippen molar-refractivity contribution in [1.82, 2.24) is 0 Å². The largest absolute Gasteiger partial charge is 0.477 e. The summed E-state index contributed by atoms with van der Waals surface area (Å²) in [5.41, 5.74) is 0. The number of hydrogen-bond donors (Lipinski definition) is 1. The third kappa shape index (κ3) is 2.75. The van der Waals surface area contributed by atoms with Gasteiger partial charge in [0.15, 0.2) is 0 Å². The Hall–Kier alpha value is -0.670. The van der Waals surface area contributed by atoms with E-state index in [4.69, 9.17) is 5.11 Å². The maximum Gasteiger partial charge on any atom is 0.374 e. The standard InChI is InChI=1S/C6H10F2O2/c1-4(2)3-6(7,8)5(9)10/h4H,3H2,1-2H3,(H,9,10). The fourth-order valence-electron chi connectivity index (χ4n) is 0.600. The Kier molecular flexibility index (Phi) is 2.75. The van der Waals surface area contributed by atoms with E-state index in [2.05, 4.69) is 0 Å². The molecule has 10 heavy (non-hydrogen) atoms. The lowest BCUT2D eigenvalue weighted by Gasteiger charge is -2.12. The Morgan fingerprint density at radius 1 is 1.60 bits per heavy atom. The average Bonchev–Trinajstić information content (AvgIpc) is 1.60. The van der Waals surface area contributed by atoms with Crippen LogP contribution in [0.2, 0.25) is 0 Å². The van der Waals surface area contributed by atoms with Gasteiger partial charge in [-0.25, -0.2) is 4.79 Å². The summed E-state index contributed by atoms with van der Waals surface area (Å²) in [6, 6.07) is 0. The van der Waals surface area contributed by atoms with Crippen LogP contribution in [0.4, 0.5) is 8.78 Å². The van der Waals surface area contributed by atoms with Gasteiger partial charge in [-0.15, -0.1) is 0 Å². The lowest BCUT2D eigenvalue weighted by atomic mass is 10.1. The molecule has 4 heteroatoms. The molecule has 0 unspecified atom stereocenters. The van der Waals surface area contributed by atoms with Crippen LogP contribution >= 0.6 is 0 Å². The minimum absolute atomic E-state index is 0.300. The SMILES string of the molecule is CC(C)CC(F)(F)C(=O)O. The summed E-state index contributed by atoms with van der Waals surface area (Å²) < 4.78 is 24.4. The number of alkyl halides is 2. The van der Waals surface area contributed by atoms with Gasteiger partial charge in [0.1, 0.15) is 0 Å². The highest BCUT2D eigenvalue weighted by Crippen LogP contribution is 2.22. The fourth-order valence-corrected chi connectivity index (χ4v) is 0.600. The van der Waals surface area contributed by atoms with Crippen LogP contribution in [0, 0.1) is 5.92 Å². The van der Waals surface area contributed by atoms with Crippen molar-refractivity contribution >= 4 is 5.97 Å². The minimum atomic E-state index is -3.56. The number of aliphatic carboxylic acids is 1. The predicted octanol–water partition coefficient (Wildman–Crippen LogP) is 1.75. The van der Waals surface area contributed by atoms with Gasteiger partial charge in [0.2, 0.25) is 0 Å². The van der Waals surface area contributed by atoms with Crippen LogP contribution in [0.15, 0.2) is 0 Å². The third-order valence-corrected chi connectivity index (χ3v) is 0.978. The number of carboxylic acid groups (broad SMARTS) is 1. The molecule has 0 radical (unpaired) electrons. The van der Waals surface area contributed by atoms with Gasteiger partial charge in [0.05, 0.1) is 0 Å². The van der Waals surface area contributed by atoms with Crippen LogP contribution in [0.5, 0.6) is 0 Å². The van der Waals surface area contributed by atoms with Crippen molar-refractivity contribution in [2.75, 3.05) is 0 Å². The second-order valence-corrected chi connectivity index (χ2v) is 2.61. The Morgan fingerprint density at radius 3 is 2.10 bits per heavy atom. The number of carboxylic acids is 1. The molecule has 0 aliphatic rings. The van der Waals surface area contributed by atoms with E-state index in [0.717, 1.165) is 0 Å². The number of halogens is 2. The first kappa shape index (κ1) is 9.33. The lowest BCUT2D eigenvalue weighted by molar-refractivity contribution is -0.166. The van der Waals surface area contributed by atoms with Crippen molar-refractivity contribution in [3.05, 3.63) is 0 Å². The van der Waals surface area contributed by atoms with E-state index in [1.54, 1.807) is 13.8 Å². The first-order chi connectivity index (χ1) is 4.36. The summed E-state index contributed by atoms with van der Waals surface area (Å²) in [4.78, 5) is 9.81. The molecule has 1 N–H and O–H groups in total. The van der Waals surface area contributed by atoms with Crippen LogP contribution in [-0.4, -0.2) is 17.0 Å².